The van der Waals surface area contributed by atoms with Crippen molar-refractivity contribution in [1.29, 1.82) is 0 Å². The van der Waals surface area contributed by atoms with Crippen molar-refractivity contribution in [3.05, 3.63) is 0 Å². The number of ether oxygens (including phenoxy) is 1. The molecule has 0 aromatic rings. The fourth-order valence-corrected chi connectivity index (χ4v) is 2.58. The molecule has 0 bridgehead atoms. The highest BCUT2D eigenvalue weighted by Gasteiger charge is 2.28. The Labute approximate surface area is 115 Å². The van der Waals surface area contributed by atoms with Gasteiger partial charge in [-0.2, -0.15) is 0 Å². The van der Waals surface area contributed by atoms with Gasteiger partial charge in [0.05, 0.1) is 13.0 Å². The van der Waals surface area contributed by atoms with E-state index in [1.54, 1.807) is 0 Å². The number of likely N-dealkylation sites (tertiary alicyclic amines) is 1. The summed E-state index contributed by atoms with van der Waals surface area (Å²) in [6.45, 7) is 8.16. The highest BCUT2D eigenvalue weighted by Crippen LogP contribution is 2.17. The molecule has 110 valence electrons. The van der Waals surface area contributed by atoms with Gasteiger partial charge < -0.3 is 14.5 Å². The second kappa shape index (κ2) is 8.15. The molecule has 1 aliphatic rings. The van der Waals surface area contributed by atoms with E-state index in [0.717, 1.165) is 45.6 Å². The lowest BCUT2D eigenvalue weighted by molar-refractivity contribution is -0.145. The molecular formula is C14H26N2O3. The van der Waals surface area contributed by atoms with Gasteiger partial charge in [-0.15, -0.1) is 0 Å². The second-order valence-electron chi connectivity index (χ2n) is 4.98. The zero-order chi connectivity index (χ0) is 14.3. The van der Waals surface area contributed by atoms with Crippen molar-refractivity contribution in [3.8, 4) is 0 Å². The van der Waals surface area contributed by atoms with Crippen molar-refractivity contribution in [2.24, 2.45) is 5.92 Å². The Balaban J connectivity index is 2.21. The average molecular weight is 270 g/mol. The van der Waals surface area contributed by atoms with Crippen LogP contribution in [0, 0.1) is 5.92 Å². The zero-order valence-electron chi connectivity index (χ0n) is 12.4. The van der Waals surface area contributed by atoms with E-state index in [2.05, 4.69) is 4.90 Å². The van der Waals surface area contributed by atoms with Crippen molar-refractivity contribution in [1.82, 2.24) is 9.80 Å². The van der Waals surface area contributed by atoms with Crippen molar-refractivity contribution in [2.75, 3.05) is 39.8 Å². The van der Waals surface area contributed by atoms with Crippen LogP contribution in [0.3, 0.4) is 0 Å². The van der Waals surface area contributed by atoms with Crippen LogP contribution < -0.4 is 0 Å². The Bertz CT molecular complexity index is 303. The van der Waals surface area contributed by atoms with E-state index < -0.39 is 0 Å². The number of hydrogen-bond donors (Lipinski definition) is 0. The third-order valence-electron chi connectivity index (χ3n) is 3.79. The summed E-state index contributed by atoms with van der Waals surface area (Å²) in [5.41, 5.74) is 0. The molecule has 5 heteroatoms. The Morgan fingerprint density at radius 3 is 2.58 bits per heavy atom. The van der Waals surface area contributed by atoms with Crippen molar-refractivity contribution in [3.63, 3.8) is 0 Å². The molecule has 0 N–H and O–H groups in total. The first-order valence-corrected chi connectivity index (χ1v) is 7.20. The van der Waals surface area contributed by atoms with Gasteiger partial charge in [-0.25, -0.2) is 0 Å². The molecule has 1 aliphatic heterocycles. The first-order chi connectivity index (χ1) is 9.12. The number of methoxy groups -OCH3 is 1. The maximum Gasteiger partial charge on any atom is 0.310 e. The lowest BCUT2D eigenvalue weighted by atomic mass is 10.1. The van der Waals surface area contributed by atoms with E-state index in [1.165, 1.54) is 7.11 Å². The standard InChI is InChI=1S/C14H26N2O3/c1-4-16(5-2)13(17)7-6-9-15-10-8-12(11-15)14(18)19-3/h12H,4-11H2,1-3H3. The van der Waals surface area contributed by atoms with Crippen LogP contribution in [-0.2, 0) is 14.3 Å². The molecule has 0 saturated carbocycles. The summed E-state index contributed by atoms with van der Waals surface area (Å²) in [5.74, 6) is 0.138. The summed E-state index contributed by atoms with van der Waals surface area (Å²) in [7, 11) is 1.44. The summed E-state index contributed by atoms with van der Waals surface area (Å²) < 4.78 is 4.76. The smallest absolute Gasteiger partial charge is 0.310 e. The largest absolute Gasteiger partial charge is 0.469 e. The number of nitrogens with zero attached hydrogens (tertiary/aromatic N) is 2. The van der Waals surface area contributed by atoms with Crippen LogP contribution in [0.5, 0.6) is 0 Å². The van der Waals surface area contributed by atoms with E-state index in [4.69, 9.17) is 4.74 Å². The Morgan fingerprint density at radius 1 is 1.32 bits per heavy atom. The van der Waals surface area contributed by atoms with Gasteiger partial charge in [-0.1, -0.05) is 0 Å². The van der Waals surface area contributed by atoms with Crippen LogP contribution >= 0.6 is 0 Å². The molecule has 0 aromatic carbocycles. The van der Waals surface area contributed by atoms with Crippen LogP contribution in [0.15, 0.2) is 0 Å². The lowest BCUT2D eigenvalue weighted by Gasteiger charge is -2.20. The van der Waals surface area contributed by atoms with E-state index in [-0.39, 0.29) is 17.8 Å². The molecule has 1 rings (SSSR count). The molecule has 1 atom stereocenters. The molecular weight excluding hydrogens is 244 g/mol. The maximum atomic E-state index is 11.8. The molecule has 1 unspecified atom stereocenters. The summed E-state index contributed by atoms with van der Waals surface area (Å²) in [6, 6.07) is 0. The third-order valence-corrected chi connectivity index (χ3v) is 3.79. The number of rotatable bonds is 7. The molecule has 5 nitrogen and oxygen atoms in total. The normalized spacial score (nSPS) is 19.4. The van der Waals surface area contributed by atoms with Crippen LogP contribution in [0.4, 0.5) is 0 Å². The summed E-state index contributed by atoms with van der Waals surface area (Å²) in [6.07, 6.45) is 2.33. The van der Waals surface area contributed by atoms with Crippen molar-refractivity contribution in [2.45, 2.75) is 33.1 Å². The molecule has 1 heterocycles. The van der Waals surface area contributed by atoms with Crippen molar-refractivity contribution < 1.29 is 14.3 Å². The second-order valence-corrected chi connectivity index (χ2v) is 4.98. The number of carbonyl (C=O) groups is 2. The fraction of sp³-hybridized carbons (Fsp3) is 0.857. The van der Waals surface area contributed by atoms with Gasteiger partial charge >= 0.3 is 5.97 Å². The van der Waals surface area contributed by atoms with Gasteiger partial charge in [0.2, 0.25) is 5.91 Å². The Hall–Kier alpha value is -1.10. The molecule has 1 saturated heterocycles. The highest BCUT2D eigenvalue weighted by molar-refractivity contribution is 5.76. The quantitative estimate of drug-likeness (QED) is 0.651. The predicted molar refractivity (Wildman–Crippen MR) is 73.7 cm³/mol. The monoisotopic (exact) mass is 270 g/mol. The van der Waals surface area contributed by atoms with Crippen LogP contribution in [-0.4, -0.2) is 61.5 Å². The topological polar surface area (TPSA) is 49.9 Å². The van der Waals surface area contributed by atoms with E-state index in [1.807, 2.05) is 18.7 Å². The average Bonchev–Trinajstić information content (AvgIpc) is 2.88. The minimum absolute atomic E-state index is 0.0171. The number of hydrogen-bond acceptors (Lipinski definition) is 4. The Kier molecular flexibility index (Phi) is 6.84. The molecule has 19 heavy (non-hydrogen) atoms. The van der Waals surface area contributed by atoms with Crippen LogP contribution in [0.25, 0.3) is 0 Å². The maximum absolute atomic E-state index is 11.8. The summed E-state index contributed by atoms with van der Waals surface area (Å²) in [5, 5.41) is 0. The van der Waals surface area contributed by atoms with Crippen molar-refractivity contribution >= 4 is 11.9 Å². The molecule has 0 spiro atoms. The Morgan fingerprint density at radius 2 is 2.00 bits per heavy atom. The first-order valence-electron chi connectivity index (χ1n) is 7.20. The van der Waals surface area contributed by atoms with E-state index in [0.29, 0.717) is 6.42 Å². The van der Waals surface area contributed by atoms with Gasteiger partial charge in [0.15, 0.2) is 0 Å². The molecule has 0 aromatic heterocycles. The zero-order valence-corrected chi connectivity index (χ0v) is 12.4. The molecule has 1 amide bonds. The highest BCUT2D eigenvalue weighted by atomic mass is 16.5. The molecule has 1 fully saturated rings. The van der Waals surface area contributed by atoms with Gasteiger partial charge in [0, 0.05) is 26.1 Å². The fourth-order valence-electron chi connectivity index (χ4n) is 2.58. The SMILES string of the molecule is CCN(CC)C(=O)CCCN1CCC(C(=O)OC)C1. The van der Waals surface area contributed by atoms with E-state index in [9.17, 15) is 9.59 Å². The third kappa shape index (κ3) is 4.82. The lowest BCUT2D eigenvalue weighted by Crippen LogP contribution is -2.31. The molecule has 0 radical (unpaired) electrons. The molecule has 0 aliphatic carbocycles. The summed E-state index contributed by atoms with van der Waals surface area (Å²) >= 11 is 0. The number of carbonyl (C=O) groups excluding carboxylic acids is 2. The summed E-state index contributed by atoms with van der Waals surface area (Å²) in [4.78, 5) is 27.3. The minimum atomic E-state index is -0.110. The van der Waals surface area contributed by atoms with E-state index >= 15 is 0 Å². The van der Waals surface area contributed by atoms with Gasteiger partial charge in [0.1, 0.15) is 0 Å². The number of amides is 1. The van der Waals surface area contributed by atoms with Gasteiger partial charge in [0.25, 0.3) is 0 Å². The van der Waals surface area contributed by atoms with Crippen LogP contribution in [0.2, 0.25) is 0 Å². The van der Waals surface area contributed by atoms with Gasteiger partial charge in [-0.05, 0) is 39.8 Å². The number of esters is 1. The van der Waals surface area contributed by atoms with Gasteiger partial charge in [-0.3, -0.25) is 9.59 Å². The first kappa shape index (κ1) is 16.0. The van der Waals surface area contributed by atoms with Crippen LogP contribution in [0.1, 0.15) is 33.1 Å². The predicted octanol–water partition coefficient (Wildman–Crippen LogP) is 1.13. The minimum Gasteiger partial charge on any atom is -0.469 e.